The van der Waals surface area contributed by atoms with Crippen LogP contribution in [0.3, 0.4) is 0 Å². The van der Waals surface area contributed by atoms with Crippen molar-refractivity contribution in [2.24, 2.45) is 5.73 Å². The van der Waals surface area contributed by atoms with Gasteiger partial charge >= 0.3 is 0 Å². The number of carbonyl (C=O) groups is 1. The fraction of sp³-hybridized carbons (Fsp3) is 0.667. The topological polar surface area (TPSA) is 71.5 Å². The molecule has 1 fully saturated rings. The van der Waals surface area contributed by atoms with Gasteiger partial charge in [0.05, 0.1) is 12.3 Å². The maximum atomic E-state index is 11.8. The highest BCUT2D eigenvalue weighted by Crippen LogP contribution is 2.24. The minimum Gasteiger partial charge on any atom is -0.468 e. The van der Waals surface area contributed by atoms with E-state index in [9.17, 15) is 4.79 Å². The van der Waals surface area contributed by atoms with E-state index in [0.29, 0.717) is 13.0 Å². The molecule has 0 spiro atoms. The molecule has 1 saturated heterocycles. The third-order valence-electron chi connectivity index (χ3n) is 3.77. The summed E-state index contributed by atoms with van der Waals surface area (Å²) in [6, 6.07) is 4.10. The Kier molecular flexibility index (Phi) is 5.61. The summed E-state index contributed by atoms with van der Waals surface area (Å²) in [6.45, 7) is 4.66. The van der Waals surface area contributed by atoms with E-state index in [-0.39, 0.29) is 18.0 Å². The lowest BCUT2D eigenvalue weighted by molar-refractivity contribution is -0.121. The van der Waals surface area contributed by atoms with E-state index < -0.39 is 0 Å². The minimum absolute atomic E-state index is 0.0676. The Labute approximate surface area is 120 Å². The second-order valence-corrected chi connectivity index (χ2v) is 5.59. The molecule has 0 saturated carbocycles. The first kappa shape index (κ1) is 15.1. The second-order valence-electron chi connectivity index (χ2n) is 5.59. The third kappa shape index (κ3) is 4.35. The molecule has 1 aromatic heterocycles. The van der Waals surface area contributed by atoms with Crippen LogP contribution < -0.4 is 11.1 Å². The van der Waals surface area contributed by atoms with Gasteiger partial charge in [-0.2, -0.15) is 0 Å². The summed E-state index contributed by atoms with van der Waals surface area (Å²) in [4.78, 5) is 14.2. The van der Waals surface area contributed by atoms with Crippen molar-refractivity contribution in [3.63, 3.8) is 0 Å². The van der Waals surface area contributed by atoms with Gasteiger partial charge in [-0.15, -0.1) is 0 Å². The summed E-state index contributed by atoms with van der Waals surface area (Å²) < 4.78 is 5.53. The van der Waals surface area contributed by atoms with E-state index in [1.165, 1.54) is 12.8 Å². The standard InChI is InChI=1S/C15H25N3O2/c1-12(16)6-7-15(19)17-11-13(14-5-4-10-20-14)18-8-2-3-9-18/h4-5,10,12-13H,2-3,6-9,11,16H2,1H3,(H,17,19). The highest BCUT2D eigenvalue weighted by molar-refractivity contribution is 5.75. The quantitative estimate of drug-likeness (QED) is 0.796. The number of likely N-dealkylation sites (tertiary alicyclic amines) is 1. The molecule has 3 N–H and O–H groups in total. The number of amides is 1. The van der Waals surface area contributed by atoms with Crippen LogP contribution in [0.5, 0.6) is 0 Å². The molecule has 2 unspecified atom stereocenters. The van der Waals surface area contributed by atoms with E-state index in [1.54, 1.807) is 6.26 Å². The van der Waals surface area contributed by atoms with Gasteiger partial charge in [0.15, 0.2) is 0 Å². The summed E-state index contributed by atoms with van der Waals surface area (Å²) in [6.07, 6.45) is 5.34. The Bertz CT molecular complexity index is 397. The maximum Gasteiger partial charge on any atom is 0.220 e. The first-order valence-electron chi connectivity index (χ1n) is 7.46. The Morgan fingerprint density at radius 3 is 2.85 bits per heavy atom. The average Bonchev–Trinajstić information content (AvgIpc) is 3.09. The molecule has 1 aliphatic heterocycles. The Morgan fingerprint density at radius 1 is 1.50 bits per heavy atom. The highest BCUT2D eigenvalue weighted by Gasteiger charge is 2.25. The van der Waals surface area contributed by atoms with Crippen LogP contribution in [0.25, 0.3) is 0 Å². The van der Waals surface area contributed by atoms with Crippen molar-refractivity contribution in [3.05, 3.63) is 24.2 Å². The molecular weight excluding hydrogens is 254 g/mol. The molecule has 2 rings (SSSR count). The van der Waals surface area contributed by atoms with Gasteiger partial charge in [-0.1, -0.05) is 0 Å². The van der Waals surface area contributed by atoms with Gasteiger partial charge < -0.3 is 15.5 Å². The lowest BCUT2D eigenvalue weighted by Crippen LogP contribution is -2.37. The van der Waals surface area contributed by atoms with Gasteiger partial charge in [-0.25, -0.2) is 0 Å². The third-order valence-corrected chi connectivity index (χ3v) is 3.77. The van der Waals surface area contributed by atoms with E-state index in [4.69, 9.17) is 10.2 Å². The molecule has 2 atom stereocenters. The van der Waals surface area contributed by atoms with Crippen LogP contribution in [-0.4, -0.2) is 36.5 Å². The largest absolute Gasteiger partial charge is 0.468 e. The van der Waals surface area contributed by atoms with Crippen LogP contribution in [0.2, 0.25) is 0 Å². The fourth-order valence-corrected chi connectivity index (χ4v) is 2.60. The Morgan fingerprint density at radius 2 is 2.25 bits per heavy atom. The van der Waals surface area contributed by atoms with Crippen LogP contribution in [0.4, 0.5) is 0 Å². The number of carbonyl (C=O) groups excluding carboxylic acids is 1. The van der Waals surface area contributed by atoms with Crippen LogP contribution in [-0.2, 0) is 4.79 Å². The molecule has 0 aliphatic carbocycles. The van der Waals surface area contributed by atoms with Crippen molar-refractivity contribution in [1.82, 2.24) is 10.2 Å². The number of nitrogens with zero attached hydrogens (tertiary/aromatic N) is 1. The lowest BCUT2D eigenvalue weighted by Gasteiger charge is -2.26. The smallest absolute Gasteiger partial charge is 0.220 e. The van der Waals surface area contributed by atoms with Crippen molar-refractivity contribution in [3.8, 4) is 0 Å². The number of hydrogen-bond donors (Lipinski definition) is 2. The molecule has 112 valence electrons. The molecule has 0 radical (unpaired) electrons. The highest BCUT2D eigenvalue weighted by atomic mass is 16.3. The molecule has 1 aromatic rings. The van der Waals surface area contributed by atoms with Gasteiger partial charge in [-0.3, -0.25) is 9.69 Å². The molecule has 0 aromatic carbocycles. The van der Waals surface area contributed by atoms with Crippen molar-refractivity contribution < 1.29 is 9.21 Å². The average molecular weight is 279 g/mol. The summed E-state index contributed by atoms with van der Waals surface area (Å²) in [7, 11) is 0. The van der Waals surface area contributed by atoms with Crippen molar-refractivity contribution in [2.75, 3.05) is 19.6 Å². The van der Waals surface area contributed by atoms with Gasteiger partial charge in [0, 0.05) is 19.0 Å². The van der Waals surface area contributed by atoms with Crippen LogP contribution in [0.1, 0.15) is 44.4 Å². The summed E-state index contributed by atoms with van der Waals surface area (Å²) in [5.74, 6) is 0.998. The summed E-state index contributed by atoms with van der Waals surface area (Å²) in [5, 5.41) is 3.01. The van der Waals surface area contributed by atoms with E-state index in [0.717, 1.165) is 25.3 Å². The minimum atomic E-state index is 0.0676. The van der Waals surface area contributed by atoms with Crippen LogP contribution in [0, 0.1) is 0 Å². The van der Waals surface area contributed by atoms with Gasteiger partial charge in [-0.05, 0) is 51.4 Å². The Hall–Kier alpha value is -1.33. The molecule has 5 nitrogen and oxygen atoms in total. The SMILES string of the molecule is CC(N)CCC(=O)NCC(c1ccco1)N1CCCC1. The zero-order valence-corrected chi connectivity index (χ0v) is 12.2. The van der Waals surface area contributed by atoms with E-state index in [1.807, 2.05) is 19.1 Å². The van der Waals surface area contributed by atoms with Crippen molar-refractivity contribution in [2.45, 2.75) is 44.7 Å². The number of hydrogen-bond acceptors (Lipinski definition) is 4. The maximum absolute atomic E-state index is 11.8. The molecule has 5 heteroatoms. The lowest BCUT2D eigenvalue weighted by atomic mass is 10.1. The molecule has 2 heterocycles. The molecule has 1 amide bonds. The molecule has 20 heavy (non-hydrogen) atoms. The number of rotatable bonds is 7. The van der Waals surface area contributed by atoms with Gasteiger partial charge in [0.2, 0.25) is 5.91 Å². The monoisotopic (exact) mass is 279 g/mol. The van der Waals surface area contributed by atoms with E-state index in [2.05, 4.69) is 10.2 Å². The van der Waals surface area contributed by atoms with Gasteiger partial charge in [0.1, 0.15) is 5.76 Å². The van der Waals surface area contributed by atoms with Gasteiger partial charge in [0.25, 0.3) is 0 Å². The Balaban J connectivity index is 1.86. The van der Waals surface area contributed by atoms with E-state index >= 15 is 0 Å². The first-order valence-corrected chi connectivity index (χ1v) is 7.46. The van der Waals surface area contributed by atoms with Crippen LogP contribution >= 0.6 is 0 Å². The summed E-state index contributed by atoms with van der Waals surface area (Å²) in [5.41, 5.74) is 5.67. The zero-order valence-electron chi connectivity index (χ0n) is 12.2. The number of nitrogens with two attached hydrogens (primary N) is 1. The first-order chi connectivity index (χ1) is 9.66. The summed E-state index contributed by atoms with van der Waals surface area (Å²) >= 11 is 0. The predicted octanol–water partition coefficient (Wildman–Crippen LogP) is 1.66. The van der Waals surface area contributed by atoms with Crippen molar-refractivity contribution in [1.29, 1.82) is 0 Å². The fourth-order valence-electron chi connectivity index (χ4n) is 2.60. The van der Waals surface area contributed by atoms with Crippen LogP contribution in [0.15, 0.2) is 22.8 Å². The zero-order chi connectivity index (χ0) is 14.4. The molecular formula is C15H25N3O2. The second kappa shape index (κ2) is 7.45. The van der Waals surface area contributed by atoms with Crippen molar-refractivity contribution >= 4 is 5.91 Å². The molecule has 0 bridgehead atoms. The predicted molar refractivity (Wildman–Crippen MR) is 78.1 cm³/mol. The number of furan rings is 1. The number of nitrogens with one attached hydrogen (secondary N) is 1. The normalized spacial score (nSPS) is 18.9. The molecule has 1 aliphatic rings.